The molecular formula is C14H24N4O2. The molecule has 6 nitrogen and oxygen atoms in total. The molecule has 0 atom stereocenters. The lowest BCUT2D eigenvalue weighted by atomic mass is 9.94. The number of aliphatic hydroxyl groups is 1. The molecule has 0 saturated carbocycles. The lowest BCUT2D eigenvalue weighted by molar-refractivity contribution is 0.0349. The van der Waals surface area contributed by atoms with Crippen molar-refractivity contribution in [2.45, 2.75) is 38.7 Å². The molecule has 0 bridgehead atoms. The van der Waals surface area contributed by atoms with Gasteiger partial charge in [0, 0.05) is 19.6 Å². The zero-order valence-corrected chi connectivity index (χ0v) is 12.5. The summed E-state index contributed by atoms with van der Waals surface area (Å²) in [5, 5.41) is 13.3. The summed E-state index contributed by atoms with van der Waals surface area (Å²) in [6, 6.07) is 0. The second-order valence-electron chi connectivity index (χ2n) is 5.49. The number of nitrogens with one attached hydrogen (secondary N) is 1. The Balaban J connectivity index is 2.19. The molecule has 112 valence electrons. The van der Waals surface area contributed by atoms with Crippen molar-refractivity contribution >= 4 is 11.6 Å². The molecule has 0 unspecified atom stereocenters. The number of aromatic nitrogens is 2. The second-order valence-corrected chi connectivity index (χ2v) is 5.49. The molecule has 0 aromatic carbocycles. The first-order valence-corrected chi connectivity index (χ1v) is 7.17. The van der Waals surface area contributed by atoms with Crippen molar-refractivity contribution in [3.05, 3.63) is 6.33 Å². The molecule has 20 heavy (non-hydrogen) atoms. The molecule has 2 rings (SSSR count). The number of anilines is 2. The molecule has 1 aliphatic rings. The Morgan fingerprint density at radius 1 is 1.40 bits per heavy atom. The average molecular weight is 280 g/mol. The van der Waals surface area contributed by atoms with Crippen molar-refractivity contribution in [3.63, 3.8) is 0 Å². The molecule has 1 saturated heterocycles. The van der Waals surface area contributed by atoms with E-state index in [0.29, 0.717) is 5.75 Å². The normalized spacial score (nSPS) is 17.9. The molecule has 1 aliphatic heterocycles. The maximum Gasteiger partial charge on any atom is 0.204 e. The van der Waals surface area contributed by atoms with Gasteiger partial charge in [0.05, 0.1) is 12.7 Å². The molecule has 2 heterocycles. The van der Waals surface area contributed by atoms with Gasteiger partial charge in [-0.25, -0.2) is 9.97 Å². The highest BCUT2D eigenvalue weighted by atomic mass is 16.5. The number of nitrogens with zero attached hydrogens (tertiary/aromatic N) is 3. The lowest BCUT2D eigenvalue weighted by Crippen LogP contribution is -2.43. The van der Waals surface area contributed by atoms with Crippen molar-refractivity contribution in [1.29, 1.82) is 0 Å². The van der Waals surface area contributed by atoms with Crippen LogP contribution in [0.2, 0.25) is 0 Å². The Morgan fingerprint density at radius 3 is 2.70 bits per heavy atom. The van der Waals surface area contributed by atoms with Gasteiger partial charge >= 0.3 is 0 Å². The summed E-state index contributed by atoms with van der Waals surface area (Å²) in [6.07, 6.45) is 4.05. The fourth-order valence-corrected chi connectivity index (χ4v) is 2.35. The Hall–Kier alpha value is -1.56. The van der Waals surface area contributed by atoms with E-state index in [9.17, 15) is 5.11 Å². The minimum Gasteiger partial charge on any atom is -0.490 e. The van der Waals surface area contributed by atoms with Crippen LogP contribution in [0.3, 0.4) is 0 Å². The van der Waals surface area contributed by atoms with E-state index in [1.165, 1.54) is 0 Å². The van der Waals surface area contributed by atoms with Crippen molar-refractivity contribution in [2.24, 2.45) is 0 Å². The molecule has 0 amide bonds. The smallest absolute Gasteiger partial charge is 0.204 e. The minimum atomic E-state index is -0.569. The van der Waals surface area contributed by atoms with Crippen LogP contribution in [0.25, 0.3) is 0 Å². The van der Waals surface area contributed by atoms with Gasteiger partial charge in [-0.05, 0) is 26.2 Å². The number of rotatable bonds is 5. The predicted octanol–water partition coefficient (Wildman–Crippen LogP) is 1.66. The first-order chi connectivity index (χ1) is 9.57. The topological polar surface area (TPSA) is 70.5 Å². The summed E-state index contributed by atoms with van der Waals surface area (Å²) in [4.78, 5) is 10.8. The van der Waals surface area contributed by atoms with Gasteiger partial charge < -0.3 is 20.1 Å². The summed E-state index contributed by atoms with van der Waals surface area (Å²) in [6.45, 7) is 6.38. The highest BCUT2D eigenvalue weighted by molar-refractivity contribution is 5.64. The highest BCUT2D eigenvalue weighted by Crippen LogP contribution is 2.34. The molecule has 1 aromatic rings. The van der Waals surface area contributed by atoms with Crippen molar-refractivity contribution in [2.75, 3.05) is 37.0 Å². The van der Waals surface area contributed by atoms with Gasteiger partial charge in [-0.2, -0.15) is 0 Å². The fourth-order valence-electron chi connectivity index (χ4n) is 2.35. The van der Waals surface area contributed by atoms with E-state index >= 15 is 0 Å². The van der Waals surface area contributed by atoms with Gasteiger partial charge in [0.25, 0.3) is 0 Å². The van der Waals surface area contributed by atoms with E-state index in [0.717, 1.165) is 50.5 Å². The maximum absolute atomic E-state index is 10.0. The van der Waals surface area contributed by atoms with Crippen molar-refractivity contribution < 1.29 is 9.84 Å². The number of hydrogen-bond acceptors (Lipinski definition) is 6. The number of ether oxygens (including phenoxy) is 1. The van der Waals surface area contributed by atoms with Gasteiger partial charge in [0.15, 0.2) is 11.6 Å². The first-order valence-electron chi connectivity index (χ1n) is 7.17. The largest absolute Gasteiger partial charge is 0.490 e. The zero-order chi connectivity index (χ0) is 14.6. The molecule has 1 fully saturated rings. The maximum atomic E-state index is 10.0. The summed E-state index contributed by atoms with van der Waals surface area (Å²) < 4.78 is 5.49. The Kier molecular flexibility index (Phi) is 4.65. The van der Waals surface area contributed by atoms with E-state index in [1.54, 1.807) is 13.4 Å². The monoisotopic (exact) mass is 280 g/mol. The number of hydrogen-bond donors (Lipinski definition) is 2. The molecule has 1 aromatic heterocycles. The molecule has 0 aliphatic carbocycles. The minimum absolute atomic E-state index is 0.569. The third-order valence-corrected chi connectivity index (χ3v) is 3.67. The van der Waals surface area contributed by atoms with E-state index in [1.807, 2.05) is 6.92 Å². The van der Waals surface area contributed by atoms with Crippen LogP contribution in [0.5, 0.6) is 5.75 Å². The van der Waals surface area contributed by atoms with Gasteiger partial charge in [-0.15, -0.1) is 0 Å². The summed E-state index contributed by atoms with van der Waals surface area (Å²) >= 11 is 0. The quantitative estimate of drug-likeness (QED) is 0.855. The SMILES string of the molecule is CCCNc1ncnc(N2CCC(C)(O)CC2)c1OC. The summed E-state index contributed by atoms with van der Waals surface area (Å²) in [5.41, 5.74) is -0.569. The molecule has 0 spiro atoms. The van der Waals surface area contributed by atoms with Gasteiger partial charge in [-0.3, -0.25) is 0 Å². The summed E-state index contributed by atoms with van der Waals surface area (Å²) in [5.74, 6) is 2.22. The molecule has 6 heteroatoms. The Bertz CT molecular complexity index is 441. The van der Waals surface area contributed by atoms with Crippen LogP contribution in [0, 0.1) is 0 Å². The van der Waals surface area contributed by atoms with Crippen LogP contribution in [0.15, 0.2) is 6.33 Å². The standard InChI is InChI=1S/C14H24N4O2/c1-4-7-15-12-11(20-3)13(17-10-16-12)18-8-5-14(2,19)6-9-18/h10,19H,4-9H2,1-3H3,(H,15,16,17). The van der Waals surface area contributed by atoms with Gasteiger partial charge in [0.1, 0.15) is 6.33 Å². The van der Waals surface area contributed by atoms with Crippen LogP contribution < -0.4 is 15.0 Å². The van der Waals surface area contributed by atoms with Crippen LogP contribution >= 0.6 is 0 Å². The second kappa shape index (κ2) is 6.26. The van der Waals surface area contributed by atoms with Crippen LogP contribution in [0.4, 0.5) is 11.6 Å². The van der Waals surface area contributed by atoms with Crippen molar-refractivity contribution in [3.8, 4) is 5.75 Å². The van der Waals surface area contributed by atoms with E-state index in [4.69, 9.17) is 4.74 Å². The van der Waals surface area contributed by atoms with Crippen LogP contribution in [0.1, 0.15) is 33.1 Å². The van der Waals surface area contributed by atoms with E-state index in [2.05, 4.69) is 27.1 Å². The molecule has 0 radical (unpaired) electrons. The first kappa shape index (κ1) is 14.8. The van der Waals surface area contributed by atoms with Crippen molar-refractivity contribution in [1.82, 2.24) is 9.97 Å². The highest BCUT2D eigenvalue weighted by Gasteiger charge is 2.29. The average Bonchev–Trinajstić information content (AvgIpc) is 2.44. The Labute approximate surface area is 120 Å². The Morgan fingerprint density at radius 2 is 2.10 bits per heavy atom. The fraction of sp³-hybridized carbons (Fsp3) is 0.714. The summed E-state index contributed by atoms with van der Waals surface area (Å²) in [7, 11) is 1.64. The van der Waals surface area contributed by atoms with Crippen LogP contribution in [-0.2, 0) is 0 Å². The van der Waals surface area contributed by atoms with Gasteiger partial charge in [-0.1, -0.05) is 6.92 Å². The van der Waals surface area contributed by atoms with Gasteiger partial charge in [0.2, 0.25) is 5.75 Å². The lowest BCUT2D eigenvalue weighted by Gasteiger charge is -2.36. The predicted molar refractivity (Wildman–Crippen MR) is 79.4 cm³/mol. The molecule has 2 N–H and O–H groups in total. The third kappa shape index (κ3) is 3.30. The van der Waals surface area contributed by atoms with E-state index in [-0.39, 0.29) is 0 Å². The molecular weight excluding hydrogens is 256 g/mol. The van der Waals surface area contributed by atoms with Crippen LogP contribution in [-0.4, -0.2) is 47.4 Å². The number of piperidine rings is 1. The number of methoxy groups -OCH3 is 1. The zero-order valence-electron chi connectivity index (χ0n) is 12.5. The van der Waals surface area contributed by atoms with E-state index < -0.39 is 5.60 Å². The third-order valence-electron chi connectivity index (χ3n) is 3.67.